The molecule has 1 fully saturated rings. The molecule has 2 aromatic rings. The van der Waals surface area contributed by atoms with Crippen molar-refractivity contribution in [3.63, 3.8) is 0 Å². The number of carbonyl (C=O) groups is 2. The van der Waals surface area contributed by atoms with E-state index in [1.165, 1.54) is 24.5 Å². The maximum atomic E-state index is 12.6. The molecule has 1 saturated heterocycles. The van der Waals surface area contributed by atoms with E-state index in [1.54, 1.807) is 23.6 Å². The highest BCUT2D eigenvalue weighted by Gasteiger charge is 2.24. The van der Waals surface area contributed by atoms with Crippen LogP contribution in [0.25, 0.3) is 0 Å². The maximum Gasteiger partial charge on any atom is 0.293 e. The Morgan fingerprint density at radius 1 is 1.15 bits per heavy atom. The molecule has 1 aromatic carbocycles. The van der Waals surface area contributed by atoms with Gasteiger partial charge in [0.25, 0.3) is 17.5 Å². The largest absolute Gasteiger partial charge is 0.366 e. The predicted molar refractivity (Wildman–Crippen MR) is 105 cm³/mol. The number of amides is 2. The molecule has 0 spiro atoms. The van der Waals surface area contributed by atoms with Gasteiger partial charge in [-0.15, -0.1) is 11.3 Å². The number of benzene rings is 1. The number of nitro benzene ring substituents is 1. The van der Waals surface area contributed by atoms with E-state index in [2.05, 4.69) is 10.6 Å². The minimum absolute atomic E-state index is 0.0812. The van der Waals surface area contributed by atoms with Crippen LogP contribution in [0.2, 0.25) is 0 Å². The van der Waals surface area contributed by atoms with Crippen LogP contribution in [0.5, 0.6) is 0 Å². The highest BCUT2D eigenvalue weighted by molar-refractivity contribution is 7.14. The molecule has 2 heterocycles. The van der Waals surface area contributed by atoms with E-state index in [1.807, 2.05) is 4.90 Å². The summed E-state index contributed by atoms with van der Waals surface area (Å²) < 4.78 is 0. The number of rotatable bonds is 5. The summed E-state index contributed by atoms with van der Waals surface area (Å²) in [5, 5.41) is 18.8. The zero-order valence-electron chi connectivity index (χ0n) is 14.9. The molecule has 0 unspecified atom stereocenters. The quantitative estimate of drug-likeness (QED) is 0.604. The summed E-state index contributed by atoms with van der Waals surface area (Å²) in [7, 11) is 1.51. The summed E-state index contributed by atoms with van der Waals surface area (Å²) in [5.74, 6) is -0.797. The van der Waals surface area contributed by atoms with E-state index in [0.717, 1.165) is 32.4 Å². The Morgan fingerprint density at radius 2 is 1.89 bits per heavy atom. The van der Waals surface area contributed by atoms with Crippen LogP contribution in [0.4, 0.5) is 16.4 Å². The number of piperidine rings is 1. The van der Waals surface area contributed by atoms with Gasteiger partial charge in [-0.3, -0.25) is 19.7 Å². The van der Waals surface area contributed by atoms with Gasteiger partial charge in [-0.2, -0.15) is 0 Å². The van der Waals surface area contributed by atoms with Gasteiger partial charge < -0.3 is 15.5 Å². The molecule has 1 aromatic heterocycles. The van der Waals surface area contributed by atoms with Crippen molar-refractivity contribution in [3.05, 3.63) is 50.9 Å². The zero-order valence-corrected chi connectivity index (χ0v) is 15.7. The molecule has 27 heavy (non-hydrogen) atoms. The Kier molecular flexibility index (Phi) is 5.70. The van der Waals surface area contributed by atoms with Crippen molar-refractivity contribution in [2.75, 3.05) is 30.4 Å². The molecular formula is C18H20N4O4S. The van der Waals surface area contributed by atoms with E-state index in [4.69, 9.17) is 0 Å². The SMILES string of the molecule is CNC(=O)c1ccsc1NC(=O)c1ccc(N2CCCCC2)c([N+](=O)[O-])c1. The van der Waals surface area contributed by atoms with Gasteiger partial charge in [-0.25, -0.2) is 0 Å². The summed E-state index contributed by atoms with van der Waals surface area (Å²) in [5.41, 5.74) is 0.995. The Balaban J connectivity index is 1.85. The molecule has 2 N–H and O–H groups in total. The van der Waals surface area contributed by atoms with Gasteiger partial charge in [0.1, 0.15) is 10.7 Å². The molecule has 142 valence electrons. The van der Waals surface area contributed by atoms with Crippen molar-refractivity contribution in [3.8, 4) is 0 Å². The Labute approximate surface area is 160 Å². The second-order valence-electron chi connectivity index (χ2n) is 6.20. The molecule has 8 nitrogen and oxygen atoms in total. The Morgan fingerprint density at radius 3 is 2.56 bits per heavy atom. The molecule has 3 rings (SSSR count). The second kappa shape index (κ2) is 8.17. The Bertz CT molecular complexity index is 874. The van der Waals surface area contributed by atoms with Crippen molar-refractivity contribution in [2.45, 2.75) is 19.3 Å². The summed E-state index contributed by atoms with van der Waals surface area (Å²) in [4.78, 5) is 37.5. The highest BCUT2D eigenvalue weighted by Crippen LogP contribution is 2.32. The van der Waals surface area contributed by atoms with Crippen molar-refractivity contribution in [1.29, 1.82) is 0 Å². The number of anilines is 2. The fourth-order valence-electron chi connectivity index (χ4n) is 3.11. The lowest BCUT2D eigenvalue weighted by molar-refractivity contribution is -0.384. The fourth-order valence-corrected chi connectivity index (χ4v) is 3.89. The number of nitrogens with one attached hydrogen (secondary N) is 2. The number of nitrogens with zero attached hydrogens (tertiary/aromatic N) is 2. The van der Waals surface area contributed by atoms with Gasteiger partial charge >= 0.3 is 0 Å². The first-order chi connectivity index (χ1) is 13.0. The number of carbonyl (C=O) groups excluding carboxylic acids is 2. The molecule has 1 aliphatic rings. The van der Waals surface area contributed by atoms with Crippen molar-refractivity contribution in [2.24, 2.45) is 0 Å². The summed E-state index contributed by atoms with van der Waals surface area (Å²) in [6.45, 7) is 1.55. The molecule has 0 saturated carbocycles. The highest BCUT2D eigenvalue weighted by atomic mass is 32.1. The average molecular weight is 388 g/mol. The molecule has 0 atom stereocenters. The molecule has 0 bridgehead atoms. The van der Waals surface area contributed by atoms with Crippen LogP contribution in [0, 0.1) is 10.1 Å². The fraction of sp³-hybridized carbons (Fsp3) is 0.333. The third-order valence-corrected chi connectivity index (χ3v) is 5.32. The van der Waals surface area contributed by atoms with Crippen LogP contribution < -0.4 is 15.5 Å². The van der Waals surface area contributed by atoms with Gasteiger partial charge in [0.2, 0.25) is 0 Å². The van der Waals surface area contributed by atoms with Crippen LogP contribution >= 0.6 is 11.3 Å². The van der Waals surface area contributed by atoms with Crippen LogP contribution in [-0.4, -0.2) is 36.9 Å². The van der Waals surface area contributed by atoms with Gasteiger partial charge in [-0.05, 0) is 42.8 Å². The predicted octanol–water partition coefficient (Wildman–Crippen LogP) is 3.26. The Hall–Kier alpha value is -2.94. The van der Waals surface area contributed by atoms with Gasteiger partial charge in [-0.1, -0.05) is 0 Å². The van der Waals surface area contributed by atoms with E-state index >= 15 is 0 Å². The third-order valence-electron chi connectivity index (χ3n) is 4.50. The van der Waals surface area contributed by atoms with Crippen LogP contribution in [0.1, 0.15) is 40.0 Å². The monoisotopic (exact) mass is 388 g/mol. The molecule has 2 amide bonds. The minimum Gasteiger partial charge on any atom is -0.366 e. The van der Waals surface area contributed by atoms with E-state index in [0.29, 0.717) is 16.3 Å². The topological polar surface area (TPSA) is 105 Å². The van der Waals surface area contributed by atoms with Crippen LogP contribution in [0.15, 0.2) is 29.6 Å². The smallest absolute Gasteiger partial charge is 0.293 e. The molecule has 0 radical (unpaired) electrons. The van der Waals surface area contributed by atoms with Crippen molar-refractivity contribution < 1.29 is 14.5 Å². The third kappa shape index (κ3) is 4.08. The number of thiophene rings is 1. The zero-order chi connectivity index (χ0) is 19.4. The number of nitro groups is 1. The van der Waals surface area contributed by atoms with Crippen LogP contribution in [-0.2, 0) is 0 Å². The second-order valence-corrected chi connectivity index (χ2v) is 7.12. The normalized spacial score (nSPS) is 13.9. The van der Waals surface area contributed by atoms with E-state index in [-0.39, 0.29) is 17.2 Å². The first-order valence-corrected chi connectivity index (χ1v) is 9.53. The summed E-state index contributed by atoms with van der Waals surface area (Å²) >= 11 is 1.22. The molecular weight excluding hydrogens is 368 g/mol. The minimum atomic E-state index is -0.490. The number of hydrogen-bond donors (Lipinski definition) is 2. The van der Waals surface area contributed by atoms with Crippen molar-refractivity contribution >= 4 is 39.5 Å². The lowest BCUT2D eigenvalue weighted by Crippen LogP contribution is -2.30. The van der Waals surface area contributed by atoms with E-state index < -0.39 is 10.8 Å². The van der Waals surface area contributed by atoms with Gasteiger partial charge in [0.05, 0.1) is 10.5 Å². The van der Waals surface area contributed by atoms with Gasteiger partial charge in [0.15, 0.2) is 0 Å². The lowest BCUT2D eigenvalue weighted by Gasteiger charge is -2.28. The summed E-state index contributed by atoms with van der Waals surface area (Å²) in [6, 6.07) is 6.12. The van der Waals surface area contributed by atoms with E-state index in [9.17, 15) is 19.7 Å². The average Bonchev–Trinajstić information content (AvgIpc) is 3.15. The lowest BCUT2D eigenvalue weighted by atomic mass is 10.1. The maximum absolute atomic E-state index is 12.6. The van der Waals surface area contributed by atoms with Crippen molar-refractivity contribution in [1.82, 2.24) is 5.32 Å². The first kappa shape index (κ1) is 18.8. The first-order valence-electron chi connectivity index (χ1n) is 8.65. The summed E-state index contributed by atoms with van der Waals surface area (Å²) in [6.07, 6.45) is 3.12. The number of hydrogen-bond acceptors (Lipinski definition) is 6. The molecule has 9 heteroatoms. The van der Waals surface area contributed by atoms with Crippen LogP contribution in [0.3, 0.4) is 0 Å². The molecule has 0 aliphatic carbocycles. The molecule has 1 aliphatic heterocycles. The standard InChI is InChI=1S/C18H20N4O4S/c1-19-17(24)13-7-10-27-18(13)20-16(23)12-5-6-14(15(11-12)22(25)26)21-8-3-2-4-9-21/h5-7,10-11H,2-4,8-9H2,1H3,(H,19,24)(H,20,23). The van der Waals surface area contributed by atoms with Gasteiger partial charge in [0, 0.05) is 31.8 Å².